The molecule has 1 aromatic carbocycles. The maximum absolute atomic E-state index is 4.05. The first-order valence-corrected chi connectivity index (χ1v) is 4.80. The number of hydrogen-bond donors (Lipinski definition) is 0. The fraction of sp³-hybridized carbons (Fsp3) is 0.333. The van der Waals surface area contributed by atoms with Crippen molar-refractivity contribution in [3.63, 3.8) is 0 Å². The molecule has 1 rings (SSSR count). The highest BCUT2D eigenvalue weighted by atomic mass is 15.1. The number of rotatable bonds is 4. The molecule has 0 amide bonds. The van der Waals surface area contributed by atoms with Crippen LogP contribution in [0, 0.1) is 0 Å². The van der Waals surface area contributed by atoms with Crippen LogP contribution < -0.4 is 4.90 Å². The molecule has 0 atom stereocenters. The summed E-state index contributed by atoms with van der Waals surface area (Å²) >= 11 is 0. The lowest BCUT2D eigenvalue weighted by atomic mass is 10.2. The Balaban J connectivity index is 2.85. The summed E-state index contributed by atoms with van der Waals surface area (Å²) in [6, 6.07) is 10.4. The van der Waals surface area contributed by atoms with Crippen molar-refractivity contribution in [3.05, 3.63) is 42.6 Å². The standard InChI is InChI=1S/C12H17N/c1-4-11(3)13(5-2)12-9-7-6-8-10-12/h6-10H,3-5H2,1-2H3. The molecule has 0 aliphatic heterocycles. The van der Waals surface area contributed by atoms with Crippen LogP contribution in [0.3, 0.4) is 0 Å². The molecule has 0 saturated carbocycles. The van der Waals surface area contributed by atoms with Crippen molar-refractivity contribution in [2.45, 2.75) is 20.3 Å². The van der Waals surface area contributed by atoms with Crippen LogP contribution in [0.25, 0.3) is 0 Å². The molecule has 1 aromatic rings. The summed E-state index contributed by atoms with van der Waals surface area (Å²) in [5.41, 5.74) is 2.41. The van der Waals surface area contributed by atoms with E-state index in [9.17, 15) is 0 Å². The van der Waals surface area contributed by atoms with Crippen molar-refractivity contribution in [3.8, 4) is 0 Å². The number of anilines is 1. The van der Waals surface area contributed by atoms with Gasteiger partial charge in [0.05, 0.1) is 0 Å². The lowest BCUT2D eigenvalue weighted by Gasteiger charge is -2.24. The van der Waals surface area contributed by atoms with E-state index in [0.29, 0.717) is 0 Å². The molecule has 0 bridgehead atoms. The third kappa shape index (κ3) is 2.35. The lowest BCUT2D eigenvalue weighted by molar-refractivity contribution is 0.900. The Morgan fingerprint density at radius 1 is 1.23 bits per heavy atom. The smallest absolute Gasteiger partial charge is 0.0407 e. The normalized spacial score (nSPS) is 9.69. The fourth-order valence-electron chi connectivity index (χ4n) is 1.39. The minimum Gasteiger partial charge on any atom is -0.346 e. The van der Waals surface area contributed by atoms with Gasteiger partial charge < -0.3 is 4.90 Å². The molecule has 0 spiro atoms. The van der Waals surface area contributed by atoms with Crippen LogP contribution in [0.1, 0.15) is 20.3 Å². The summed E-state index contributed by atoms with van der Waals surface area (Å²) in [7, 11) is 0. The summed E-state index contributed by atoms with van der Waals surface area (Å²) in [6.45, 7) is 9.31. The van der Waals surface area contributed by atoms with Crippen molar-refractivity contribution in [1.82, 2.24) is 0 Å². The highest BCUT2D eigenvalue weighted by Crippen LogP contribution is 2.18. The minimum atomic E-state index is 0.983. The fourth-order valence-corrected chi connectivity index (χ4v) is 1.39. The third-order valence-electron chi connectivity index (χ3n) is 2.17. The summed E-state index contributed by atoms with van der Waals surface area (Å²) in [5.74, 6) is 0. The maximum Gasteiger partial charge on any atom is 0.0407 e. The van der Waals surface area contributed by atoms with Crippen LogP contribution >= 0.6 is 0 Å². The predicted octanol–water partition coefficient (Wildman–Crippen LogP) is 3.44. The Morgan fingerprint density at radius 2 is 1.85 bits per heavy atom. The number of benzene rings is 1. The summed E-state index contributed by atoms with van der Waals surface area (Å²) in [5, 5.41) is 0. The van der Waals surface area contributed by atoms with Crippen molar-refractivity contribution >= 4 is 5.69 Å². The van der Waals surface area contributed by atoms with E-state index in [-0.39, 0.29) is 0 Å². The Morgan fingerprint density at radius 3 is 2.31 bits per heavy atom. The van der Waals surface area contributed by atoms with Gasteiger partial charge in [0.1, 0.15) is 0 Å². The van der Waals surface area contributed by atoms with Crippen LogP contribution in [0.4, 0.5) is 5.69 Å². The van der Waals surface area contributed by atoms with Gasteiger partial charge in [-0.1, -0.05) is 31.7 Å². The van der Waals surface area contributed by atoms with Crippen LogP contribution in [0.2, 0.25) is 0 Å². The molecule has 0 heterocycles. The predicted molar refractivity (Wildman–Crippen MR) is 58.9 cm³/mol. The molecule has 0 aliphatic rings. The third-order valence-corrected chi connectivity index (χ3v) is 2.17. The van der Waals surface area contributed by atoms with Crippen LogP contribution in [0.5, 0.6) is 0 Å². The highest BCUT2D eigenvalue weighted by Gasteiger charge is 2.04. The number of para-hydroxylation sites is 1. The highest BCUT2D eigenvalue weighted by molar-refractivity contribution is 5.50. The monoisotopic (exact) mass is 175 g/mol. The zero-order valence-corrected chi connectivity index (χ0v) is 8.46. The second-order valence-corrected chi connectivity index (χ2v) is 3.00. The minimum absolute atomic E-state index is 0.983. The van der Waals surface area contributed by atoms with E-state index in [1.54, 1.807) is 0 Å². The topological polar surface area (TPSA) is 3.24 Å². The average Bonchev–Trinajstić information content (AvgIpc) is 2.20. The zero-order chi connectivity index (χ0) is 9.68. The molecule has 70 valence electrons. The summed E-state index contributed by atoms with van der Waals surface area (Å²) in [4.78, 5) is 2.24. The first kappa shape index (κ1) is 9.85. The van der Waals surface area contributed by atoms with Gasteiger partial charge in [0.25, 0.3) is 0 Å². The summed E-state index contributed by atoms with van der Waals surface area (Å²) < 4.78 is 0. The van der Waals surface area contributed by atoms with Crippen molar-refractivity contribution in [1.29, 1.82) is 0 Å². The Bertz CT molecular complexity index is 264. The lowest BCUT2D eigenvalue weighted by Crippen LogP contribution is -2.20. The second kappa shape index (κ2) is 4.70. The van der Waals surface area contributed by atoms with Gasteiger partial charge in [0, 0.05) is 17.9 Å². The van der Waals surface area contributed by atoms with Gasteiger partial charge in [-0.3, -0.25) is 0 Å². The van der Waals surface area contributed by atoms with E-state index >= 15 is 0 Å². The van der Waals surface area contributed by atoms with Crippen LogP contribution in [0.15, 0.2) is 42.6 Å². The average molecular weight is 175 g/mol. The van der Waals surface area contributed by atoms with Gasteiger partial charge in [0.2, 0.25) is 0 Å². The van der Waals surface area contributed by atoms with E-state index in [1.807, 2.05) is 6.07 Å². The molecule has 1 nitrogen and oxygen atoms in total. The molecule has 0 saturated heterocycles. The summed E-state index contributed by atoms with van der Waals surface area (Å²) in [6.07, 6.45) is 1.00. The number of hydrogen-bond acceptors (Lipinski definition) is 1. The van der Waals surface area contributed by atoms with Crippen LogP contribution in [-0.4, -0.2) is 6.54 Å². The molecule has 1 heteroatoms. The molecule has 0 N–H and O–H groups in total. The molecule has 13 heavy (non-hydrogen) atoms. The number of allylic oxidation sites excluding steroid dienone is 1. The van der Waals surface area contributed by atoms with Crippen molar-refractivity contribution in [2.24, 2.45) is 0 Å². The molecule has 0 fully saturated rings. The molecular formula is C12H17N. The maximum atomic E-state index is 4.05. The Hall–Kier alpha value is -1.24. The molecule has 0 aromatic heterocycles. The number of nitrogens with zero attached hydrogens (tertiary/aromatic N) is 1. The van der Waals surface area contributed by atoms with E-state index in [4.69, 9.17) is 0 Å². The largest absolute Gasteiger partial charge is 0.346 e. The first-order valence-electron chi connectivity index (χ1n) is 4.80. The first-order chi connectivity index (χ1) is 6.29. The molecular weight excluding hydrogens is 158 g/mol. The van der Waals surface area contributed by atoms with E-state index in [1.165, 1.54) is 11.4 Å². The van der Waals surface area contributed by atoms with Crippen molar-refractivity contribution < 1.29 is 0 Å². The SMILES string of the molecule is C=C(CC)N(CC)c1ccccc1. The Labute approximate surface area is 80.7 Å². The van der Waals surface area contributed by atoms with Crippen molar-refractivity contribution in [2.75, 3.05) is 11.4 Å². The van der Waals surface area contributed by atoms with Gasteiger partial charge in [-0.2, -0.15) is 0 Å². The quantitative estimate of drug-likeness (QED) is 0.677. The van der Waals surface area contributed by atoms with Gasteiger partial charge in [-0.05, 0) is 25.5 Å². The van der Waals surface area contributed by atoms with E-state index < -0.39 is 0 Å². The molecule has 0 unspecified atom stereocenters. The Kier molecular flexibility index (Phi) is 3.56. The van der Waals surface area contributed by atoms with Gasteiger partial charge in [-0.15, -0.1) is 0 Å². The van der Waals surface area contributed by atoms with Crippen LogP contribution in [-0.2, 0) is 0 Å². The van der Waals surface area contributed by atoms with Gasteiger partial charge >= 0.3 is 0 Å². The van der Waals surface area contributed by atoms with E-state index in [2.05, 4.69) is 49.6 Å². The molecule has 0 radical (unpaired) electrons. The second-order valence-electron chi connectivity index (χ2n) is 3.00. The van der Waals surface area contributed by atoms with E-state index in [0.717, 1.165) is 13.0 Å². The van der Waals surface area contributed by atoms with Gasteiger partial charge in [-0.25, -0.2) is 0 Å². The van der Waals surface area contributed by atoms with Gasteiger partial charge in [0.15, 0.2) is 0 Å². The molecule has 0 aliphatic carbocycles. The zero-order valence-electron chi connectivity index (χ0n) is 8.46.